The molecule has 0 radical (unpaired) electrons. The largest absolute Gasteiger partial charge is 0.319 e. The summed E-state index contributed by atoms with van der Waals surface area (Å²) in [6.07, 6.45) is 4.06. The number of benzene rings is 1. The molecule has 0 atom stereocenters. The Labute approximate surface area is 136 Å². The van der Waals surface area contributed by atoms with Crippen molar-refractivity contribution in [1.82, 2.24) is 25.1 Å². The summed E-state index contributed by atoms with van der Waals surface area (Å²) in [5.41, 5.74) is 0.409. The van der Waals surface area contributed by atoms with E-state index < -0.39 is 15.9 Å². The summed E-state index contributed by atoms with van der Waals surface area (Å²) in [7, 11) is -3.82. The average molecular weight is 345 g/mol. The highest BCUT2D eigenvalue weighted by atomic mass is 32.2. The van der Waals surface area contributed by atoms with Crippen LogP contribution in [0.4, 0.5) is 11.6 Å². The quantitative estimate of drug-likeness (QED) is 0.616. The number of amides is 1. The van der Waals surface area contributed by atoms with E-state index in [9.17, 15) is 13.2 Å². The topological polar surface area (TPSA) is 143 Å². The minimum Gasteiger partial charge on any atom is -0.319 e. The van der Waals surface area contributed by atoms with E-state index >= 15 is 0 Å². The van der Waals surface area contributed by atoms with Crippen LogP contribution in [0.3, 0.4) is 0 Å². The van der Waals surface area contributed by atoms with Crippen molar-refractivity contribution in [2.75, 3.05) is 10.0 Å². The normalized spacial score (nSPS) is 11.0. The molecule has 0 bridgehead atoms. The second kappa shape index (κ2) is 6.42. The number of hydrogen-bond acceptors (Lipinski definition) is 7. The lowest BCUT2D eigenvalue weighted by Gasteiger charge is -2.07. The van der Waals surface area contributed by atoms with Crippen molar-refractivity contribution in [2.24, 2.45) is 0 Å². The first-order valence-corrected chi connectivity index (χ1v) is 8.09. The molecule has 10 nitrogen and oxygen atoms in total. The fourth-order valence-electron chi connectivity index (χ4n) is 1.75. The van der Waals surface area contributed by atoms with Crippen molar-refractivity contribution in [2.45, 2.75) is 4.90 Å². The standard InChI is InChI=1S/C13H11N7O3S/c21-12(11-16-8-17-19-11)18-9-2-4-10(5-3-9)24(22,23)20-13-14-6-1-7-15-13/h1-8H,(H,18,21)(H,14,15,20)(H,16,17,19). The lowest BCUT2D eigenvalue weighted by atomic mass is 10.3. The number of nitrogens with zero attached hydrogens (tertiary/aromatic N) is 4. The minimum absolute atomic E-state index is 0.00705. The van der Waals surface area contributed by atoms with Crippen LogP contribution in [-0.4, -0.2) is 39.5 Å². The molecule has 0 aliphatic heterocycles. The minimum atomic E-state index is -3.82. The molecule has 3 N–H and O–H groups in total. The van der Waals surface area contributed by atoms with Gasteiger partial charge in [-0.25, -0.2) is 28.1 Å². The molecular weight excluding hydrogens is 334 g/mol. The molecule has 0 unspecified atom stereocenters. The fraction of sp³-hybridized carbons (Fsp3) is 0. The van der Waals surface area contributed by atoms with Gasteiger partial charge in [0.15, 0.2) is 0 Å². The molecule has 122 valence electrons. The van der Waals surface area contributed by atoms with E-state index in [0.717, 1.165) is 0 Å². The van der Waals surface area contributed by atoms with Gasteiger partial charge in [0.1, 0.15) is 6.33 Å². The molecular formula is C13H11N7O3S. The van der Waals surface area contributed by atoms with Crippen LogP contribution in [0, 0.1) is 0 Å². The molecule has 3 aromatic rings. The summed E-state index contributed by atoms with van der Waals surface area (Å²) in [5.74, 6) is -0.464. The van der Waals surface area contributed by atoms with E-state index in [2.05, 4.69) is 35.2 Å². The van der Waals surface area contributed by atoms with Gasteiger partial charge in [-0.3, -0.25) is 9.89 Å². The van der Waals surface area contributed by atoms with Crippen LogP contribution in [-0.2, 0) is 10.0 Å². The smallest absolute Gasteiger partial charge is 0.292 e. The number of aromatic nitrogens is 5. The first-order chi connectivity index (χ1) is 11.5. The van der Waals surface area contributed by atoms with Crippen molar-refractivity contribution in [3.05, 3.63) is 54.9 Å². The van der Waals surface area contributed by atoms with Crippen LogP contribution in [0.1, 0.15) is 10.6 Å². The van der Waals surface area contributed by atoms with E-state index in [1.807, 2.05) is 0 Å². The fourth-order valence-corrected chi connectivity index (χ4v) is 2.71. The van der Waals surface area contributed by atoms with Gasteiger partial charge in [-0.15, -0.1) is 0 Å². The second-order valence-corrected chi connectivity index (χ2v) is 6.17. The zero-order chi connectivity index (χ0) is 17.0. The first-order valence-electron chi connectivity index (χ1n) is 6.61. The lowest BCUT2D eigenvalue weighted by Crippen LogP contribution is -2.16. The Morgan fingerprint density at radius 2 is 1.75 bits per heavy atom. The van der Waals surface area contributed by atoms with Crippen molar-refractivity contribution >= 4 is 27.6 Å². The third kappa shape index (κ3) is 3.52. The molecule has 2 heterocycles. The summed E-state index contributed by atoms with van der Waals surface area (Å²) in [6.45, 7) is 0. The molecule has 2 aromatic heterocycles. The molecule has 24 heavy (non-hydrogen) atoms. The average Bonchev–Trinajstić information content (AvgIpc) is 3.10. The van der Waals surface area contributed by atoms with Gasteiger partial charge < -0.3 is 5.32 Å². The number of sulfonamides is 1. The van der Waals surface area contributed by atoms with Crippen LogP contribution < -0.4 is 10.0 Å². The van der Waals surface area contributed by atoms with Crippen molar-refractivity contribution in [3.8, 4) is 0 Å². The summed E-state index contributed by atoms with van der Waals surface area (Å²) < 4.78 is 26.7. The molecule has 1 amide bonds. The zero-order valence-corrected chi connectivity index (χ0v) is 12.9. The van der Waals surface area contributed by atoms with E-state index in [1.165, 1.54) is 43.0 Å². The highest BCUT2D eigenvalue weighted by Crippen LogP contribution is 2.16. The number of aromatic amines is 1. The van der Waals surface area contributed by atoms with Crippen LogP contribution in [0.25, 0.3) is 0 Å². The number of rotatable bonds is 5. The molecule has 0 aliphatic carbocycles. The molecule has 0 saturated heterocycles. The van der Waals surface area contributed by atoms with E-state index in [4.69, 9.17) is 0 Å². The molecule has 0 aliphatic rings. The van der Waals surface area contributed by atoms with Gasteiger partial charge in [-0.2, -0.15) is 5.10 Å². The highest BCUT2D eigenvalue weighted by molar-refractivity contribution is 7.92. The van der Waals surface area contributed by atoms with E-state index in [-0.39, 0.29) is 16.7 Å². The number of anilines is 2. The Kier molecular flexibility index (Phi) is 4.16. The van der Waals surface area contributed by atoms with Crippen LogP contribution >= 0.6 is 0 Å². The van der Waals surface area contributed by atoms with Gasteiger partial charge in [-0.05, 0) is 30.3 Å². The maximum absolute atomic E-state index is 12.2. The van der Waals surface area contributed by atoms with Crippen LogP contribution in [0.15, 0.2) is 53.9 Å². The first kappa shape index (κ1) is 15.6. The number of hydrogen-bond donors (Lipinski definition) is 3. The van der Waals surface area contributed by atoms with Gasteiger partial charge >= 0.3 is 0 Å². The molecule has 11 heteroatoms. The number of H-pyrrole nitrogens is 1. The summed E-state index contributed by atoms with van der Waals surface area (Å²) in [5, 5.41) is 8.56. The lowest BCUT2D eigenvalue weighted by molar-refractivity contribution is 0.101. The third-order valence-corrected chi connectivity index (χ3v) is 4.19. The maximum atomic E-state index is 12.2. The number of carbonyl (C=O) groups excluding carboxylic acids is 1. The number of nitrogens with one attached hydrogen (secondary N) is 3. The van der Waals surface area contributed by atoms with Crippen molar-refractivity contribution in [3.63, 3.8) is 0 Å². The highest BCUT2D eigenvalue weighted by Gasteiger charge is 2.16. The molecule has 0 saturated carbocycles. The molecule has 1 aromatic carbocycles. The zero-order valence-electron chi connectivity index (χ0n) is 12.0. The van der Waals surface area contributed by atoms with E-state index in [1.54, 1.807) is 6.07 Å². The second-order valence-electron chi connectivity index (χ2n) is 4.49. The van der Waals surface area contributed by atoms with Gasteiger partial charge in [0.2, 0.25) is 11.8 Å². The predicted octanol–water partition coefficient (Wildman–Crippen LogP) is 0.648. The molecule has 3 rings (SSSR count). The summed E-state index contributed by atoms with van der Waals surface area (Å²) >= 11 is 0. The Morgan fingerprint density at radius 1 is 1.04 bits per heavy atom. The van der Waals surface area contributed by atoms with Crippen LogP contribution in [0.2, 0.25) is 0 Å². The third-order valence-electron chi connectivity index (χ3n) is 2.84. The Bertz CT molecular complexity index is 925. The van der Waals surface area contributed by atoms with Crippen molar-refractivity contribution < 1.29 is 13.2 Å². The Balaban J connectivity index is 1.73. The van der Waals surface area contributed by atoms with Crippen LogP contribution in [0.5, 0.6) is 0 Å². The number of carbonyl (C=O) groups is 1. The van der Waals surface area contributed by atoms with E-state index in [0.29, 0.717) is 5.69 Å². The SMILES string of the molecule is O=C(Nc1ccc(S(=O)(=O)Nc2ncccn2)cc1)c1ncn[nH]1. The van der Waals surface area contributed by atoms with Crippen molar-refractivity contribution in [1.29, 1.82) is 0 Å². The molecule has 0 fully saturated rings. The van der Waals surface area contributed by atoms with Gasteiger partial charge in [0, 0.05) is 18.1 Å². The molecule has 0 spiro atoms. The summed E-state index contributed by atoms with van der Waals surface area (Å²) in [6, 6.07) is 7.18. The Morgan fingerprint density at radius 3 is 2.38 bits per heavy atom. The Hall–Kier alpha value is -3.34. The predicted molar refractivity (Wildman–Crippen MR) is 83.6 cm³/mol. The van der Waals surface area contributed by atoms with Gasteiger partial charge in [-0.1, -0.05) is 0 Å². The van der Waals surface area contributed by atoms with Gasteiger partial charge in [0.25, 0.3) is 15.9 Å². The maximum Gasteiger partial charge on any atom is 0.292 e. The van der Waals surface area contributed by atoms with Gasteiger partial charge in [0.05, 0.1) is 4.90 Å². The monoisotopic (exact) mass is 345 g/mol. The summed E-state index contributed by atoms with van der Waals surface area (Å²) in [4.78, 5) is 23.1.